The number of methoxy groups -OCH3 is 1. The fourth-order valence-electron chi connectivity index (χ4n) is 3.09. The summed E-state index contributed by atoms with van der Waals surface area (Å²) < 4.78 is 4.69. The minimum Gasteiger partial charge on any atom is -0.469 e. The molecule has 0 aromatic heterocycles. The normalized spacial score (nSPS) is 12.9. The molecule has 0 atom stereocenters. The number of benzene rings is 2. The molecule has 98 valence electrons. The minimum absolute atomic E-state index is 0.113. The molecule has 3 rings (SSSR count). The quantitative estimate of drug-likeness (QED) is 0.781. The molecule has 1 aliphatic rings. The summed E-state index contributed by atoms with van der Waals surface area (Å²) in [5.41, 5.74) is 4.38. The molecule has 2 heteroatoms. The Balaban J connectivity index is 1.85. The van der Waals surface area contributed by atoms with E-state index in [1.54, 1.807) is 0 Å². The zero-order valence-corrected chi connectivity index (χ0v) is 11.2. The van der Waals surface area contributed by atoms with Crippen molar-refractivity contribution in [1.82, 2.24) is 0 Å². The number of rotatable bonds is 4. The van der Waals surface area contributed by atoms with E-state index >= 15 is 0 Å². The van der Waals surface area contributed by atoms with Crippen molar-refractivity contribution in [2.45, 2.75) is 32.1 Å². The lowest BCUT2D eigenvalue weighted by atomic mass is 9.97. The lowest BCUT2D eigenvalue weighted by Gasteiger charge is -2.08. The summed E-state index contributed by atoms with van der Waals surface area (Å²) >= 11 is 0. The maximum atomic E-state index is 11.2. The maximum Gasteiger partial charge on any atom is 0.305 e. The number of carbonyl (C=O) groups excluding carboxylic acids is 1. The van der Waals surface area contributed by atoms with Crippen LogP contribution in [0.15, 0.2) is 30.3 Å². The first-order valence-electron chi connectivity index (χ1n) is 6.89. The second-order valence-corrected chi connectivity index (χ2v) is 5.15. The Kier molecular flexibility index (Phi) is 3.24. The van der Waals surface area contributed by atoms with Crippen LogP contribution in [0.1, 0.15) is 29.5 Å². The zero-order valence-electron chi connectivity index (χ0n) is 11.2. The van der Waals surface area contributed by atoms with Gasteiger partial charge in [-0.15, -0.1) is 0 Å². The van der Waals surface area contributed by atoms with Crippen LogP contribution in [0.3, 0.4) is 0 Å². The monoisotopic (exact) mass is 254 g/mol. The molecule has 0 N–H and O–H groups in total. The topological polar surface area (TPSA) is 26.3 Å². The molecule has 0 amide bonds. The van der Waals surface area contributed by atoms with E-state index in [0.29, 0.717) is 6.42 Å². The first-order chi connectivity index (χ1) is 9.29. The van der Waals surface area contributed by atoms with Gasteiger partial charge < -0.3 is 4.74 Å². The van der Waals surface area contributed by atoms with Crippen LogP contribution >= 0.6 is 0 Å². The fourth-order valence-corrected chi connectivity index (χ4v) is 3.09. The molecule has 0 spiro atoms. The molecule has 0 radical (unpaired) electrons. The second-order valence-electron chi connectivity index (χ2n) is 5.15. The van der Waals surface area contributed by atoms with Crippen molar-refractivity contribution in [3.8, 4) is 0 Å². The Morgan fingerprint density at radius 2 is 2.11 bits per heavy atom. The summed E-state index contributed by atoms with van der Waals surface area (Å²) in [4.78, 5) is 11.2. The van der Waals surface area contributed by atoms with Gasteiger partial charge in [0.15, 0.2) is 0 Å². The summed E-state index contributed by atoms with van der Waals surface area (Å²) in [7, 11) is 1.45. The highest BCUT2D eigenvalue weighted by molar-refractivity contribution is 5.91. The molecule has 19 heavy (non-hydrogen) atoms. The van der Waals surface area contributed by atoms with Gasteiger partial charge in [-0.05, 0) is 53.1 Å². The Labute approximate surface area is 113 Å². The highest BCUT2D eigenvalue weighted by atomic mass is 16.5. The van der Waals surface area contributed by atoms with Crippen LogP contribution in [0, 0.1) is 0 Å². The number of hydrogen-bond donors (Lipinski definition) is 0. The van der Waals surface area contributed by atoms with Crippen molar-refractivity contribution in [2.24, 2.45) is 0 Å². The first-order valence-corrected chi connectivity index (χ1v) is 6.89. The average molecular weight is 254 g/mol. The van der Waals surface area contributed by atoms with Crippen molar-refractivity contribution < 1.29 is 9.53 Å². The van der Waals surface area contributed by atoms with E-state index in [1.165, 1.54) is 34.6 Å². The van der Waals surface area contributed by atoms with Crippen molar-refractivity contribution >= 4 is 16.7 Å². The third-order valence-corrected chi connectivity index (χ3v) is 4.04. The highest BCUT2D eigenvalue weighted by Gasteiger charge is 2.17. The van der Waals surface area contributed by atoms with Gasteiger partial charge in [-0.3, -0.25) is 4.79 Å². The van der Waals surface area contributed by atoms with E-state index in [0.717, 1.165) is 25.7 Å². The van der Waals surface area contributed by atoms with Crippen LogP contribution in [0.25, 0.3) is 10.8 Å². The lowest BCUT2D eigenvalue weighted by molar-refractivity contribution is -0.140. The van der Waals surface area contributed by atoms with Gasteiger partial charge in [-0.25, -0.2) is 0 Å². The highest BCUT2D eigenvalue weighted by Crippen LogP contribution is 2.33. The van der Waals surface area contributed by atoms with Gasteiger partial charge in [-0.2, -0.15) is 0 Å². The van der Waals surface area contributed by atoms with Crippen molar-refractivity contribution in [3.63, 3.8) is 0 Å². The van der Waals surface area contributed by atoms with Crippen LogP contribution in [-0.4, -0.2) is 13.1 Å². The molecule has 0 heterocycles. The van der Waals surface area contributed by atoms with Gasteiger partial charge in [0.2, 0.25) is 0 Å². The molecule has 1 aliphatic carbocycles. The predicted molar refractivity (Wildman–Crippen MR) is 76.3 cm³/mol. The second kappa shape index (κ2) is 5.04. The predicted octanol–water partition coefficient (Wildman–Crippen LogP) is 3.43. The molecule has 2 aromatic rings. The van der Waals surface area contributed by atoms with E-state index < -0.39 is 0 Å². The van der Waals surface area contributed by atoms with Gasteiger partial charge in [0, 0.05) is 6.42 Å². The van der Waals surface area contributed by atoms with Gasteiger partial charge in [-0.1, -0.05) is 30.3 Å². The van der Waals surface area contributed by atoms with Crippen LogP contribution in [0.2, 0.25) is 0 Å². The number of carbonyl (C=O) groups is 1. The summed E-state index contributed by atoms with van der Waals surface area (Å²) in [6.07, 6.45) is 4.64. The van der Waals surface area contributed by atoms with Crippen molar-refractivity contribution in [1.29, 1.82) is 0 Å². The summed E-state index contributed by atoms with van der Waals surface area (Å²) in [5.74, 6) is -0.113. The molecule has 0 unspecified atom stereocenters. The number of aryl methyl sites for hydroxylation is 3. The number of ether oxygens (including phenoxy) is 1. The van der Waals surface area contributed by atoms with Crippen molar-refractivity contribution in [2.75, 3.05) is 7.11 Å². The van der Waals surface area contributed by atoms with E-state index in [4.69, 9.17) is 0 Å². The summed E-state index contributed by atoms with van der Waals surface area (Å²) in [5, 5.41) is 2.81. The van der Waals surface area contributed by atoms with Gasteiger partial charge in [0.1, 0.15) is 0 Å². The molecule has 2 aromatic carbocycles. The van der Waals surface area contributed by atoms with E-state index in [2.05, 4.69) is 35.1 Å². The van der Waals surface area contributed by atoms with Crippen LogP contribution in [0.4, 0.5) is 0 Å². The molecule has 0 saturated heterocycles. The van der Waals surface area contributed by atoms with E-state index in [9.17, 15) is 4.79 Å². The van der Waals surface area contributed by atoms with Crippen LogP contribution in [-0.2, 0) is 28.8 Å². The third-order valence-electron chi connectivity index (χ3n) is 4.04. The number of hydrogen-bond acceptors (Lipinski definition) is 2. The summed E-state index contributed by atoms with van der Waals surface area (Å²) in [6.45, 7) is 0. The lowest BCUT2D eigenvalue weighted by Crippen LogP contribution is -2.01. The smallest absolute Gasteiger partial charge is 0.305 e. The molecule has 0 saturated carbocycles. The molecule has 0 bridgehead atoms. The van der Waals surface area contributed by atoms with Gasteiger partial charge in [0.05, 0.1) is 7.11 Å². The third kappa shape index (κ3) is 2.23. The zero-order chi connectivity index (χ0) is 13.2. The SMILES string of the molecule is COC(=O)CCCc1ccc2cccc3c2c1CC3. The Hall–Kier alpha value is -1.83. The largest absolute Gasteiger partial charge is 0.469 e. The Bertz CT molecular complexity index is 628. The standard InChI is InChI=1S/C17H18O2/c1-19-16(18)7-3-4-12-8-9-13-5-2-6-14-10-11-15(12)17(13)14/h2,5-6,8-9H,3-4,7,10-11H2,1H3. The Morgan fingerprint density at radius 3 is 2.95 bits per heavy atom. The minimum atomic E-state index is -0.113. The first kappa shape index (κ1) is 12.2. The molecule has 2 nitrogen and oxygen atoms in total. The molecule has 0 aliphatic heterocycles. The van der Waals surface area contributed by atoms with Gasteiger partial charge in [0.25, 0.3) is 0 Å². The van der Waals surface area contributed by atoms with Crippen LogP contribution < -0.4 is 0 Å². The summed E-state index contributed by atoms with van der Waals surface area (Å²) in [6, 6.07) is 11.0. The van der Waals surface area contributed by atoms with E-state index in [-0.39, 0.29) is 5.97 Å². The number of esters is 1. The van der Waals surface area contributed by atoms with Crippen molar-refractivity contribution in [3.05, 3.63) is 47.0 Å². The molecule has 0 fully saturated rings. The maximum absolute atomic E-state index is 11.2. The molecular weight excluding hydrogens is 236 g/mol. The average Bonchev–Trinajstić information content (AvgIpc) is 2.87. The van der Waals surface area contributed by atoms with Gasteiger partial charge >= 0.3 is 5.97 Å². The van der Waals surface area contributed by atoms with Crippen LogP contribution in [0.5, 0.6) is 0 Å². The molecular formula is C17H18O2. The van der Waals surface area contributed by atoms with E-state index in [1.807, 2.05) is 0 Å². The fraction of sp³-hybridized carbons (Fsp3) is 0.353. The Morgan fingerprint density at radius 1 is 1.21 bits per heavy atom.